The fraction of sp³-hybridized carbons (Fsp3) is 0.318. The first-order valence-electron chi connectivity index (χ1n) is 9.87. The topological polar surface area (TPSA) is 88.7 Å². The summed E-state index contributed by atoms with van der Waals surface area (Å²) in [6, 6.07) is 12.1. The summed E-state index contributed by atoms with van der Waals surface area (Å²) in [5, 5.41) is 8.41. The van der Waals surface area contributed by atoms with Gasteiger partial charge in [-0.05, 0) is 49.0 Å². The lowest BCUT2D eigenvalue weighted by Crippen LogP contribution is -2.35. The summed E-state index contributed by atoms with van der Waals surface area (Å²) in [5.74, 6) is -0.199. The zero-order valence-electron chi connectivity index (χ0n) is 17.5. The van der Waals surface area contributed by atoms with Gasteiger partial charge in [0.2, 0.25) is 0 Å². The molecule has 0 aliphatic heterocycles. The van der Waals surface area contributed by atoms with Crippen LogP contribution in [0.4, 0.5) is 5.69 Å². The number of nitrogens with one attached hydrogen (secondary N) is 3. The lowest BCUT2D eigenvalue weighted by atomic mass is 10.1. The minimum atomic E-state index is -0.410. The fourth-order valence-corrected chi connectivity index (χ4v) is 3.17. The van der Waals surface area contributed by atoms with Gasteiger partial charge in [-0.1, -0.05) is 41.4 Å². The van der Waals surface area contributed by atoms with Gasteiger partial charge < -0.3 is 20.1 Å². The Kier molecular flexibility index (Phi) is 10.4. The summed E-state index contributed by atoms with van der Waals surface area (Å²) in [7, 11) is 1.56. The molecule has 31 heavy (non-hydrogen) atoms. The van der Waals surface area contributed by atoms with Crippen molar-refractivity contribution in [3.05, 3.63) is 58.1 Å². The van der Waals surface area contributed by atoms with Gasteiger partial charge in [0.25, 0.3) is 11.8 Å². The van der Waals surface area contributed by atoms with Crippen molar-refractivity contribution in [2.45, 2.75) is 19.8 Å². The van der Waals surface area contributed by atoms with Crippen molar-refractivity contribution >= 4 is 50.8 Å². The molecule has 9 heteroatoms. The number of methoxy groups -OCH3 is 1. The van der Waals surface area contributed by atoms with Crippen molar-refractivity contribution in [3.8, 4) is 5.75 Å². The number of anilines is 1. The van der Waals surface area contributed by atoms with E-state index in [0.717, 1.165) is 17.3 Å². The van der Waals surface area contributed by atoms with Gasteiger partial charge in [-0.3, -0.25) is 14.9 Å². The number of halogens is 1. The highest BCUT2D eigenvalue weighted by atomic mass is 79.9. The minimum absolute atomic E-state index is 0.0709. The van der Waals surface area contributed by atoms with Gasteiger partial charge in [-0.15, -0.1) is 0 Å². The summed E-state index contributed by atoms with van der Waals surface area (Å²) >= 11 is 8.68. The van der Waals surface area contributed by atoms with Crippen LogP contribution < -0.4 is 20.7 Å². The highest BCUT2D eigenvalue weighted by Gasteiger charge is 2.16. The number of amides is 2. The molecule has 0 atom stereocenters. The molecule has 0 radical (unpaired) electrons. The van der Waals surface area contributed by atoms with Crippen LogP contribution in [0.15, 0.2) is 46.9 Å². The normalized spacial score (nSPS) is 10.3. The Labute approximate surface area is 196 Å². The van der Waals surface area contributed by atoms with Crippen LogP contribution in [-0.2, 0) is 4.74 Å². The third kappa shape index (κ3) is 7.93. The predicted molar refractivity (Wildman–Crippen MR) is 129 cm³/mol. The number of thiocarbonyl (C=S) groups is 1. The van der Waals surface area contributed by atoms with Crippen molar-refractivity contribution < 1.29 is 19.1 Å². The number of carbonyl (C=O) groups excluding carboxylic acids is 2. The van der Waals surface area contributed by atoms with Crippen LogP contribution in [0.3, 0.4) is 0 Å². The molecule has 0 heterocycles. The monoisotopic (exact) mass is 507 g/mol. The number of para-hydroxylation sites is 1. The average Bonchev–Trinajstić information content (AvgIpc) is 2.75. The van der Waals surface area contributed by atoms with E-state index in [4.69, 9.17) is 21.7 Å². The molecule has 2 rings (SSSR count). The van der Waals surface area contributed by atoms with Gasteiger partial charge >= 0.3 is 0 Å². The zero-order chi connectivity index (χ0) is 22.6. The fourth-order valence-electron chi connectivity index (χ4n) is 2.61. The number of ether oxygens (including phenoxy) is 2. The smallest absolute Gasteiger partial charge is 0.261 e. The van der Waals surface area contributed by atoms with Crippen LogP contribution in [0.2, 0.25) is 0 Å². The molecule has 3 N–H and O–H groups in total. The minimum Gasteiger partial charge on any atom is -0.493 e. The Morgan fingerprint density at radius 1 is 1.06 bits per heavy atom. The van der Waals surface area contributed by atoms with Crippen LogP contribution in [0.1, 0.15) is 40.5 Å². The highest BCUT2D eigenvalue weighted by Crippen LogP contribution is 2.24. The zero-order valence-corrected chi connectivity index (χ0v) is 19.9. The molecule has 0 saturated carbocycles. The molecule has 2 aromatic rings. The molecule has 2 aromatic carbocycles. The summed E-state index contributed by atoms with van der Waals surface area (Å²) < 4.78 is 11.4. The van der Waals surface area contributed by atoms with Gasteiger partial charge in [0.15, 0.2) is 5.11 Å². The summed E-state index contributed by atoms with van der Waals surface area (Å²) in [6.45, 7) is 3.38. The predicted octanol–water partition coefficient (Wildman–Crippen LogP) is 4.13. The second-order valence-electron chi connectivity index (χ2n) is 6.55. The average molecular weight is 508 g/mol. The van der Waals surface area contributed by atoms with Crippen LogP contribution in [0.5, 0.6) is 5.75 Å². The Morgan fingerprint density at radius 2 is 1.84 bits per heavy atom. The van der Waals surface area contributed by atoms with E-state index in [1.54, 1.807) is 43.5 Å². The second-order valence-corrected chi connectivity index (χ2v) is 7.87. The molecule has 166 valence electrons. The first-order valence-corrected chi connectivity index (χ1v) is 11.1. The summed E-state index contributed by atoms with van der Waals surface area (Å²) in [6.07, 6.45) is 1.88. The Morgan fingerprint density at radius 3 is 2.58 bits per heavy atom. The Balaban J connectivity index is 2.08. The maximum Gasteiger partial charge on any atom is 0.261 e. The van der Waals surface area contributed by atoms with Crippen molar-refractivity contribution in [2.24, 2.45) is 0 Å². The largest absolute Gasteiger partial charge is 0.493 e. The third-order valence-corrected chi connectivity index (χ3v) is 4.88. The van der Waals surface area contributed by atoms with E-state index in [1.807, 2.05) is 6.07 Å². The van der Waals surface area contributed by atoms with Crippen molar-refractivity contribution in [1.82, 2.24) is 10.6 Å². The molecule has 7 nitrogen and oxygen atoms in total. The van der Waals surface area contributed by atoms with Crippen LogP contribution >= 0.6 is 28.1 Å². The molecule has 2 amide bonds. The number of hydrogen-bond donors (Lipinski definition) is 3. The van der Waals surface area contributed by atoms with Crippen molar-refractivity contribution in [3.63, 3.8) is 0 Å². The Bertz CT molecular complexity index is 923. The number of unbranched alkanes of at least 4 members (excludes halogenated alkanes) is 1. The number of carbonyl (C=O) groups is 2. The molecule has 0 fully saturated rings. The quantitative estimate of drug-likeness (QED) is 0.331. The first-order chi connectivity index (χ1) is 15.0. The van der Waals surface area contributed by atoms with E-state index < -0.39 is 5.91 Å². The molecule has 0 spiro atoms. The molecule has 0 aromatic heterocycles. The molecule has 0 saturated heterocycles. The van der Waals surface area contributed by atoms with Gasteiger partial charge in [0.05, 0.1) is 30.0 Å². The van der Waals surface area contributed by atoms with Crippen molar-refractivity contribution in [1.29, 1.82) is 0 Å². The van der Waals surface area contributed by atoms with Crippen LogP contribution in [0, 0.1) is 0 Å². The molecular formula is C22H26BrN3O4S. The molecule has 0 aliphatic carbocycles. The van der Waals surface area contributed by atoms with E-state index in [1.165, 1.54) is 0 Å². The first kappa shape index (κ1) is 24.8. The lowest BCUT2D eigenvalue weighted by molar-refractivity contribution is 0.0936. The van der Waals surface area contributed by atoms with Gasteiger partial charge in [0, 0.05) is 18.1 Å². The standard InChI is InChI=1S/C22H26BrN3O4S/c1-3-4-12-30-19-10-9-15(23)14-17(19)21(28)26-22(31)25-18-8-6-5-7-16(18)20(27)24-11-13-29-2/h5-10,14H,3-4,11-13H2,1-2H3,(H,24,27)(H2,25,26,28,31). The Hall–Kier alpha value is -2.49. The third-order valence-electron chi connectivity index (χ3n) is 4.18. The molecule has 0 unspecified atom stereocenters. The maximum atomic E-state index is 12.8. The van der Waals surface area contributed by atoms with E-state index >= 15 is 0 Å². The number of benzene rings is 2. The molecular weight excluding hydrogens is 482 g/mol. The van der Waals surface area contributed by atoms with Gasteiger partial charge in [0.1, 0.15) is 5.75 Å². The number of hydrogen-bond acceptors (Lipinski definition) is 5. The molecule has 0 bridgehead atoms. The van der Waals surface area contributed by atoms with E-state index in [2.05, 4.69) is 38.8 Å². The number of rotatable bonds is 10. The van der Waals surface area contributed by atoms with Gasteiger partial charge in [-0.2, -0.15) is 0 Å². The van der Waals surface area contributed by atoms with E-state index in [9.17, 15) is 9.59 Å². The van der Waals surface area contributed by atoms with Crippen LogP contribution in [0.25, 0.3) is 0 Å². The van der Waals surface area contributed by atoms with Crippen molar-refractivity contribution in [2.75, 3.05) is 32.2 Å². The maximum absolute atomic E-state index is 12.8. The highest BCUT2D eigenvalue weighted by molar-refractivity contribution is 9.10. The second kappa shape index (κ2) is 13.0. The van der Waals surface area contributed by atoms with E-state index in [0.29, 0.717) is 42.3 Å². The van der Waals surface area contributed by atoms with E-state index in [-0.39, 0.29) is 11.0 Å². The summed E-state index contributed by atoms with van der Waals surface area (Å²) in [5.41, 5.74) is 1.25. The SMILES string of the molecule is CCCCOc1ccc(Br)cc1C(=O)NC(=S)Nc1ccccc1C(=O)NCCOC. The lowest BCUT2D eigenvalue weighted by Gasteiger charge is -2.15. The van der Waals surface area contributed by atoms with Crippen LogP contribution in [-0.4, -0.2) is 43.8 Å². The summed E-state index contributed by atoms with van der Waals surface area (Å²) in [4.78, 5) is 25.2. The molecule has 0 aliphatic rings. The van der Waals surface area contributed by atoms with Gasteiger partial charge in [-0.25, -0.2) is 0 Å².